The van der Waals surface area contributed by atoms with Crippen molar-refractivity contribution in [1.29, 1.82) is 0 Å². The van der Waals surface area contributed by atoms with Gasteiger partial charge in [0.15, 0.2) is 20.5 Å². The number of carbonyl (C=O) groups is 9. The number of pyridine rings is 2. The molecular formula is C81H115Cl3N10O15Si. The van der Waals surface area contributed by atoms with Crippen molar-refractivity contribution >= 4 is 131 Å². The highest BCUT2D eigenvalue weighted by Gasteiger charge is 2.48. The van der Waals surface area contributed by atoms with Crippen molar-refractivity contribution in [2.45, 2.75) is 262 Å². The minimum atomic E-state index is -2.11. The minimum Gasteiger partial charge on any atom is -0.460 e. The number of cyclic esters (lactones) is 1. The molecule has 9 rings (SSSR count). The van der Waals surface area contributed by atoms with E-state index in [1.165, 1.54) is 21.8 Å². The summed E-state index contributed by atoms with van der Waals surface area (Å²) in [5, 5.41) is 20.3. The molecule has 3 aliphatic heterocycles. The Balaban J connectivity index is 0.000000294. The molecule has 2 aromatic heterocycles. The van der Waals surface area contributed by atoms with E-state index in [1.54, 1.807) is 53.6 Å². The Bertz CT molecular complexity index is 4050. The zero-order valence-electron chi connectivity index (χ0n) is 67.1. The number of ether oxygens (including phenoxy) is 4. The zero-order chi connectivity index (χ0) is 81.3. The maximum Gasteiger partial charge on any atom is 0.410 e. The van der Waals surface area contributed by atoms with Crippen molar-refractivity contribution in [1.82, 2.24) is 51.3 Å². The summed E-state index contributed by atoms with van der Waals surface area (Å²) in [7, 11) is 1.31. The number of likely N-dealkylation sites (N-methyl/N-ethyl adjacent to an activating group) is 1. The Kier molecular flexibility index (Phi) is 29.4. The number of carbonyl (C=O) groups excluding carboxylic acids is 9. The van der Waals surface area contributed by atoms with E-state index in [-0.39, 0.29) is 47.5 Å². The number of nitrogens with one attached hydrogen (secondary N) is 4. The van der Waals surface area contributed by atoms with Crippen LogP contribution in [0, 0.1) is 22.7 Å². The third kappa shape index (κ3) is 22.8. The lowest BCUT2D eigenvalue weighted by Crippen LogP contribution is -2.61. The second-order valence-corrected chi connectivity index (χ2v) is 40.8. The zero-order valence-corrected chi connectivity index (χ0v) is 70.4. The molecule has 5 aliphatic rings. The van der Waals surface area contributed by atoms with Crippen LogP contribution in [-0.4, -0.2) is 189 Å². The van der Waals surface area contributed by atoms with Crippen LogP contribution in [0.25, 0.3) is 34.0 Å². The lowest BCUT2D eigenvalue weighted by Gasteiger charge is -2.43. The highest BCUT2D eigenvalue weighted by molar-refractivity contribution is 6.74. The molecule has 2 saturated carbocycles. The number of hydrogen-bond acceptors (Lipinski definition) is 19. The number of rotatable bonds is 15. The van der Waals surface area contributed by atoms with E-state index < -0.39 is 125 Å². The highest BCUT2D eigenvalue weighted by Crippen LogP contribution is 2.46. The van der Waals surface area contributed by atoms with Gasteiger partial charge in [0.2, 0.25) is 9.70 Å². The molecule has 4 aromatic rings. The van der Waals surface area contributed by atoms with Gasteiger partial charge in [-0.15, -0.1) is 0 Å². The molecule has 8 atom stereocenters. The first-order valence-electron chi connectivity index (χ1n) is 38.5. The number of aliphatic hydroxyl groups excluding tert-OH is 1. The number of aromatic nitrogens is 2. The molecule has 2 aromatic carbocycles. The van der Waals surface area contributed by atoms with Crippen molar-refractivity contribution in [3.8, 4) is 0 Å². The Hall–Kier alpha value is -7.30. The monoisotopic (exact) mass is 1600 g/mol. The maximum atomic E-state index is 14.6. The number of amides is 6. The van der Waals surface area contributed by atoms with Gasteiger partial charge in [-0.1, -0.05) is 144 Å². The molecule has 0 unspecified atom stereocenters. The van der Waals surface area contributed by atoms with Crippen LogP contribution in [0.1, 0.15) is 209 Å². The lowest BCUT2D eigenvalue weighted by atomic mass is 9.72. The summed E-state index contributed by atoms with van der Waals surface area (Å²) in [6.45, 7) is 30.8. The molecule has 110 heavy (non-hydrogen) atoms. The van der Waals surface area contributed by atoms with Gasteiger partial charge >= 0.3 is 24.0 Å². The van der Waals surface area contributed by atoms with E-state index in [0.29, 0.717) is 94.8 Å². The number of esters is 3. The van der Waals surface area contributed by atoms with Crippen LogP contribution in [0.4, 0.5) is 4.79 Å². The predicted molar refractivity (Wildman–Crippen MR) is 427 cm³/mol. The molecule has 6 amide bonds. The molecule has 29 heteroatoms. The number of nitrogens with zero attached hydrogens (tertiary/aromatic N) is 6. The van der Waals surface area contributed by atoms with Crippen LogP contribution in [0.2, 0.25) is 18.1 Å². The summed E-state index contributed by atoms with van der Waals surface area (Å²) >= 11 is 17.2. The number of hydrazine groups is 2. The Labute approximate surface area is 663 Å². The van der Waals surface area contributed by atoms with Gasteiger partial charge in [0.05, 0.1) is 51.4 Å². The molecule has 2 aliphatic carbocycles. The summed E-state index contributed by atoms with van der Waals surface area (Å²) in [6, 6.07) is 15.3. The largest absolute Gasteiger partial charge is 0.460 e. The highest BCUT2D eigenvalue weighted by atomic mass is 35.6. The minimum absolute atomic E-state index is 0.00810. The average Bonchev–Trinajstić information content (AvgIpc) is 0.863. The fourth-order valence-electron chi connectivity index (χ4n) is 13.7. The molecule has 5 heterocycles. The van der Waals surface area contributed by atoms with Crippen LogP contribution in [0.15, 0.2) is 72.8 Å². The van der Waals surface area contributed by atoms with Crippen LogP contribution in [-0.2, 0) is 61.7 Å². The number of halogens is 3. The van der Waals surface area contributed by atoms with E-state index >= 15 is 0 Å². The topological polar surface area (TPSA) is 307 Å². The van der Waals surface area contributed by atoms with Crippen LogP contribution < -0.4 is 21.5 Å². The number of hydrogen-bond donors (Lipinski definition) is 5. The predicted octanol–water partition coefficient (Wildman–Crippen LogP) is 12.9. The average molecular weight is 1600 g/mol. The van der Waals surface area contributed by atoms with Crippen molar-refractivity contribution in [3.63, 3.8) is 0 Å². The molecule has 5 N–H and O–H groups in total. The van der Waals surface area contributed by atoms with Gasteiger partial charge in [-0.2, -0.15) is 0 Å². The van der Waals surface area contributed by atoms with Gasteiger partial charge < -0.3 is 48.9 Å². The first-order chi connectivity index (χ1) is 51.3. The van der Waals surface area contributed by atoms with Gasteiger partial charge in [-0.25, -0.2) is 15.6 Å². The smallest absolute Gasteiger partial charge is 0.410 e. The van der Waals surface area contributed by atoms with Crippen molar-refractivity contribution in [2.75, 3.05) is 33.8 Å². The van der Waals surface area contributed by atoms with Crippen LogP contribution >= 0.6 is 34.8 Å². The van der Waals surface area contributed by atoms with Gasteiger partial charge in [-0.05, 0) is 191 Å². The number of fused-ring (bicyclic) bond motifs is 5. The SMILES string of the molecule is CC(C)[C@@H]1OC(=O)C2(/C=C/c3ccc4ccc(nc4c3)[C@@H](C)N(C)C(=O)[C@@H]3CCCN(N3)C(=O)[C@H](C)NC1=O)CCC(O)CC2.CC(C)[C@H](OC(=O)C1(/C=C/c2ccc3ccc([C@@H](C)N(C)C(=O)OC(C)(C)C)nc3c2)CCC(O[Si](C)(C)C(C)(C)C)CC1)C(=O)N[C@@H](C)C(=O)N1CCC[C@@H](C(=O)OCC(Cl)(Cl)Cl)N1. The van der Waals surface area contributed by atoms with Crippen molar-refractivity contribution in [3.05, 3.63) is 95.3 Å². The summed E-state index contributed by atoms with van der Waals surface area (Å²) in [5.41, 5.74) is 7.72. The van der Waals surface area contributed by atoms with Crippen molar-refractivity contribution in [2.24, 2.45) is 22.7 Å². The van der Waals surface area contributed by atoms with Gasteiger partial charge in [0.1, 0.15) is 36.4 Å². The Morgan fingerprint density at radius 3 is 2.05 bits per heavy atom. The van der Waals surface area contributed by atoms with Crippen molar-refractivity contribution < 1.29 is 71.6 Å². The molecule has 2 saturated heterocycles. The second-order valence-electron chi connectivity index (χ2n) is 33.5. The van der Waals surface area contributed by atoms with Crippen LogP contribution in [0.3, 0.4) is 0 Å². The van der Waals surface area contributed by atoms with E-state index in [2.05, 4.69) is 55.4 Å². The van der Waals surface area contributed by atoms with E-state index in [4.69, 9.17) is 68.1 Å². The molecule has 25 nitrogen and oxygen atoms in total. The van der Waals surface area contributed by atoms with Gasteiger partial charge in [0.25, 0.3) is 23.6 Å². The van der Waals surface area contributed by atoms with E-state index in [9.17, 15) is 48.3 Å². The summed E-state index contributed by atoms with van der Waals surface area (Å²) < 4.78 is 27.8. The molecule has 4 fully saturated rings. The quantitative estimate of drug-likeness (QED) is 0.0320. The summed E-state index contributed by atoms with van der Waals surface area (Å²) in [4.78, 5) is 135. The number of benzene rings is 2. The van der Waals surface area contributed by atoms with Crippen LogP contribution in [0.5, 0.6) is 0 Å². The maximum absolute atomic E-state index is 14.6. The molecular weight excluding hydrogens is 1490 g/mol. The molecule has 1 spiro atoms. The standard InChI is InChI=1S/C47H70Cl3N5O9Si.C34H45N5O6/c1-29(2)38(39(56)51-30(3)40(57)55-26-14-15-36(53-55)41(58)61-28-47(48,49)50)62-42(59)46(24-21-34(22-25-46)64-65(12,13)45(8,9)10)23-20-32-16-17-33-18-19-35(52-37(33)27-32)31(4)54(11)43(60)63-44(5,6)7;1-20(2)29-30(41)35-21(3)31(42)39-18-6-7-27(37-39)32(43)38(5)22(4)26-11-10-24-9-8-23(19-28(24)36-26)12-15-34(33(44)45-29)16-13-25(40)14-17-34/h16-20,23,27,29-31,34,36,38,53H,14-15,21-22,24-26,28H2,1-13H3,(H,51,56);8-12,15,19-22,25,27,29,37,40H,6-7,13-14,16-18H2,1-5H3,(H,35,41)/b23-20+;15-12+/t30-,31+,34?,36-,38-,46?;21-,22+,25?,27-,29-,34?/m00/s1. The Morgan fingerprint density at radius 2 is 1.43 bits per heavy atom. The number of alkyl halides is 3. The van der Waals surface area contributed by atoms with Gasteiger partial charge in [-0.3, -0.25) is 58.3 Å². The Morgan fingerprint density at radius 1 is 0.800 bits per heavy atom. The third-order valence-corrected chi connectivity index (χ3v) is 26.8. The fraction of sp³-hybridized carbons (Fsp3) is 0.617. The fourth-order valence-corrected chi connectivity index (χ4v) is 15.3. The first kappa shape index (κ1) is 88.3. The number of aliphatic hydroxyl groups is 1. The molecule has 0 radical (unpaired) electrons. The van der Waals surface area contributed by atoms with Gasteiger partial charge in [0, 0.05) is 44.1 Å². The first-order valence-corrected chi connectivity index (χ1v) is 42.5. The van der Waals surface area contributed by atoms with E-state index in [0.717, 1.165) is 33.1 Å². The van der Waals surface area contributed by atoms with E-state index in [1.807, 2.05) is 120 Å². The lowest BCUT2D eigenvalue weighted by molar-refractivity contribution is -0.169. The molecule has 604 valence electrons. The normalized spacial score (nSPS) is 25.5. The summed E-state index contributed by atoms with van der Waals surface area (Å²) in [5.74, 6) is -4.77. The third-order valence-electron chi connectivity index (χ3n) is 22.0. The molecule has 5 bridgehead atoms. The second kappa shape index (κ2) is 36.7. The summed E-state index contributed by atoms with van der Waals surface area (Å²) in [6.07, 6.45) is 9.93.